The maximum Gasteiger partial charge on any atom is 0.335 e. The van der Waals surface area contributed by atoms with Crippen LogP contribution in [0.4, 0.5) is 0 Å². The lowest BCUT2D eigenvalue weighted by atomic mass is 10.0. The van der Waals surface area contributed by atoms with Crippen LogP contribution < -0.4 is 0 Å². The average Bonchev–Trinajstić information content (AvgIpc) is 2.15. The minimum absolute atomic E-state index is 0.00234. The summed E-state index contributed by atoms with van der Waals surface area (Å²) in [7, 11) is 0. The van der Waals surface area contributed by atoms with E-state index in [0.29, 0.717) is 5.56 Å². The summed E-state index contributed by atoms with van der Waals surface area (Å²) < 4.78 is 0. The van der Waals surface area contributed by atoms with Crippen molar-refractivity contribution in [1.82, 2.24) is 0 Å². The molecule has 3 nitrogen and oxygen atoms in total. The third-order valence-corrected chi connectivity index (χ3v) is 3.30. The topological polar surface area (TPSA) is 54.4 Å². The second-order valence-corrected chi connectivity index (χ2v) is 4.27. The lowest BCUT2D eigenvalue weighted by Gasteiger charge is -2.08. The fraction of sp³-hybridized carbons (Fsp3) is 0.273. The molecule has 15 heavy (non-hydrogen) atoms. The van der Waals surface area contributed by atoms with Gasteiger partial charge in [-0.3, -0.25) is 4.79 Å². The third kappa shape index (κ3) is 2.65. The number of benzene rings is 1. The van der Waals surface area contributed by atoms with Crippen LogP contribution in [0.5, 0.6) is 0 Å². The van der Waals surface area contributed by atoms with Gasteiger partial charge in [-0.15, -0.1) is 0 Å². The smallest absolute Gasteiger partial charge is 0.335 e. The molecule has 0 amide bonds. The zero-order valence-corrected chi connectivity index (χ0v) is 10.0. The first-order valence-electron chi connectivity index (χ1n) is 4.42. The van der Waals surface area contributed by atoms with Gasteiger partial charge in [0.1, 0.15) is 5.78 Å². The molecule has 4 heteroatoms. The van der Waals surface area contributed by atoms with E-state index in [1.807, 2.05) is 0 Å². The maximum atomic E-state index is 11.1. The van der Waals surface area contributed by atoms with Crippen LogP contribution in [0.2, 0.25) is 0 Å². The Bertz CT molecular complexity index is 412. The highest BCUT2D eigenvalue weighted by Gasteiger charge is 2.14. The third-order valence-electron chi connectivity index (χ3n) is 2.13. The second kappa shape index (κ2) is 4.57. The van der Waals surface area contributed by atoms with Crippen molar-refractivity contribution in [2.45, 2.75) is 18.7 Å². The number of ketones is 1. The molecule has 0 aliphatic heterocycles. The Morgan fingerprint density at radius 1 is 1.40 bits per heavy atom. The van der Waals surface area contributed by atoms with Crippen LogP contribution in [0.1, 0.15) is 33.2 Å². The number of hydrogen-bond acceptors (Lipinski definition) is 2. The van der Waals surface area contributed by atoms with Gasteiger partial charge in [0, 0.05) is 0 Å². The minimum Gasteiger partial charge on any atom is -0.478 e. The number of carboxylic acid groups (broad SMARTS) is 1. The monoisotopic (exact) mass is 270 g/mol. The second-order valence-electron chi connectivity index (χ2n) is 3.35. The number of carbonyl (C=O) groups is 2. The Hall–Kier alpha value is -1.16. The number of hydrogen-bond donors (Lipinski definition) is 1. The first-order valence-corrected chi connectivity index (χ1v) is 5.33. The number of alkyl halides is 1. The fourth-order valence-corrected chi connectivity index (χ4v) is 1.60. The fourth-order valence-electron chi connectivity index (χ4n) is 1.32. The molecule has 0 radical (unpaired) electrons. The largest absolute Gasteiger partial charge is 0.478 e. The van der Waals surface area contributed by atoms with E-state index in [1.54, 1.807) is 19.1 Å². The standard InChI is InChI=1S/C11H11BrO3/c1-6-5-8(10(12)7(2)13)3-4-9(6)11(14)15/h3-5,10H,1-2H3,(H,14,15). The number of carboxylic acids is 1. The van der Waals surface area contributed by atoms with Gasteiger partial charge in [0.2, 0.25) is 0 Å². The molecule has 0 spiro atoms. The molecule has 1 aromatic carbocycles. The van der Waals surface area contributed by atoms with E-state index in [4.69, 9.17) is 5.11 Å². The van der Waals surface area contributed by atoms with E-state index in [0.717, 1.165) is 5.56 Å². The molecule has 0 fully saturated rings. The molecule has 0 heterocycles. The van der Waals surface area contributed by atoms with Crippen molar-refractivity contribution in [1.29, 1.82) is 0 Å². The van der Waals surface area contributed by atoms with Gasteiger partial charge >= 0.3 is 5.97 Å². The van der Waals surface area contributed by atoms with Gasteiger partial charge in [-0.2, -0.15) is 0 Å². The molecule has 0 saturated carbocycles. The molecular formula is C11H11BrO3. The molecule has 0 aromatic heterocycles. The van der Waals surface area contributed by atoms with Gasteiger partial charge in [0.15, 0.2) is 0 Å². The summed E-state index contributed by atoms with van der Waals surface area (Å²) >= 11 is 3.25. The van der Waals surface area contributed by atoms with Crippen LogP contribution >= 0.6 is 15.9 Å². The van der Waals surface area contributed by atoms with Gasteiger partial charge in [-0.1, -0.05) is 28.1 Å². The van der Waals surface area contributed by atoms with E-state index in [9.17, 15) is 9.59 Å². The Morgan fingerprint density at radius 2 is 2.00 bits per heavy atom. The zero-order chi connectivity index (χ0) is 11.6. The van der Waals surface area contributed by atoms with E-state index in [1.165, 1.54) is 13.0 Å². The average molecular weight is 271 g/mol. The van der Waals surface area contributed by atoms with E-state index < -0.39 is 5.97 Å². The van der Waals surface area contributed by atoms with Crippen LogP contribution in [-0.4, -0.2) is 16.9 Å². The Balaban J connectivity index is 3.12. The predicted molar refractivity (Wildman–Crippen MR) is 60.5 cm³/mol. The lowest BCUT2D eigenvalue weighted by Crippen LogP contribution is -2.04. The molecule has 0 aliphatic carbocycles. The highest BCUT2D eigenvalue weighted by Crippen LogP contribution is 2.25. The summed E-state index contributed by atoms with van der Waals surface area (Å²) in [5.41, 5.74) is 1.71. The maximum absolute atomic E-state index is 11.1. The zero-order valence-electron chi connectivity index (χ0n) is 8.45. The molecule has 1 N–H and O–H groups in total. The van der Waals surface area contributed by atoms with Gasteiger partial charge in [0.25, 0.3) is 0 Å². The molecule has 0 aliphatic rings. The van der Waals surface area contributed by atoms with Crippen LogP contribution in [0.15, 0.2) is 18.2 Å². The van der Waals surface area contributed by atoms with Crippen molar-refractivity contribution < 1.29 is 14.7 Å². The summed E-state index contributed by atoms with van der Waals surface area (Å²) in [5.74, 6) is -0.953. The number of aromatic carboxylic acids is 1. The Labute approximate surface area is 96.2 Å². The van der Waals surface area contributed by atoms with Gasteiger partial charge in [-0.05, 0) is 31.0 Å². The van der Waals surface area contributed by atoms with E-state index in [2.05, 4.69) is 15.9 Å². The number of aryl methyl sites for hydroxylation is 1. The molecule has 1 unspecified atom stereocenters. The summed E-state index contributed by atoms with van der Waals surface area (Å²) in [6.07, 6.45) is 0. The van der Waals surface area contributed by atoms with Gasteiger partial charge in [-0.25, -0.2) is 4.79 Å². The van der Waals surface area contributed by atoms with Crippen LogP contribution in [0, 0.1) is 6.92 Å². The van der Waals surface area contributed by atoms with Crippen molar-refractivity contribution in [3.05, 3.63) is 34.9 Å². The number of carbonyl (C=O) groups excluding carboxylic acids is 1. The van der Waals surface area contributed by atoms with Crippen molar-refractivity contribution in [2.75, 3.05) is 0 Å². The molecule has 0 bridgehead atoms. The minimum atomic E-state index is -0.951. The molecular weight excluding hydrogens is 260 g/mol. The van der Waals surface area contributed by atoms with Crippen molar-refractivity contribution in [3.8, 4) is 0 Å². The Kier molecular flexibility index (Phi) is 3.63. The molecule has 1 aromatic rings. The van der Waals surface area contributed by atoms with Crippen molar-refractivity contribution in [3.63, 3.8) is 0 Å². The van der Waals surface area contributed by atoms with Gasteiger partial charge in [0.05, 0.1) is 10.4 Å². The summed E-state index contributed by atoms with van der Waals surface area (Å²) in [6.45, 7) is 3.20. The summed E-state index contributed by atoms with van der Waals surface area (Å²) in [4.78, 5) is 21.5. The lowest BCUT2D eigenvalue weighted by molar-refractivity contribution is -0.116. The first-order chi connectivity index (χ1) is 6.93. The number of rotatable bonds is 3. The molecule has 80 valence electrons. The van der Waals surface area contributed by atoms with Crippen LogP contribution in [0.3, 0.4) is 0 Å². The first kappa shape index (κ1) is 11.9. The van der Waals surface area contributed by atoms with Crippen LogP contribution in [0.25, 0.3) is 0 Å². The van der Waals surface area contributed by atoms with Crippen molar-refractivity contribution in [2.24, 2.45) is 0 Å². The number of halogens is 1. The summed E-state index contributed by atoms with van der Waals surface area (Å²) in [6, 6.07) is 4.88. The highest BCUT2D eigenvalue weighted by molar-refractivity contribution is 9.09. The van der Waals surface area contributed by atoms with Crippen molar-refractivity contribution >= 4 is 27.7 Å². The number of Topliss-reactive ketones (excluding diaryl/α,β-unsaturated/α-hetero) is 1. The Morgan fingerprint density at radius 3 is 2.40 bits per heavy atom. The molecule has 1 atom stereocenters. The SMILES string of the molecule is CC(=O)C(Br)c1ccc(C(=O)O)c(C)c1. The predicted octanol–water partition coefficient (Wildman–Crippen LogP) is 2.72. The quantitative estimate of drug-likeness (QED) is 0.860. The van der Waals surface area contributed by atoms with Crippen LogP contribution in [-0.2, 0) is 4.79 Å². The summed E-state index contributed by atoms with van der Waals surface area (Å²) in [5, 5.41) is 8.83. The van der Waals surface area contributed by atoms with E-state index in [-0.39, 0.29) is 16.2 Å². The van der Waals surface area contributed by atoms with Gasteiger partial charge < -0.3 is 5.11 Å². The normalized spacial score (nSPS) is 12.2. The molecule has 0 saturated heterocycles. The molecule has 1 rings (SSSR count). The van der Waals surface area contributed by atoms with E-state index >= 15 is 0 Å². The highest BCUT2D eigenvalue weighted by atomic mass is 79.9.